The van der Waals surface area contributed by atoms with Crippen molar-refractivity contribution in [2.24, 2.45) is 0 Å². The highest BCUT2D eigenvalue weighted by Gasteiger charge is 2.29. The molecule has 2 rings (SSSR count). The van der Waals surface area contributed by atoms with Crippen molar-refractivity contribution in [1.82, 2.24) is 10.2 Å². The summed E-state index contributed by atoms with van der Waals surface area (Å²) in [5.74, 6) is 0.555. The molecule has 0 bridgehead atoms. The quantitative estimate of drug-likeness (QED) is 0.883. The van der Waals surface area contributed by atoms with E-state index in [9.17, 15) is 9.90 Å². The van der Waals surface area contributed by atoms with Crippen molar-refractivity contribution < 1.29 is 19.1 Å². The third-order valence-corrected chi connectivity index (χ3v) is 4.17. The molecule has 136 valence electrons. The van der Waals surface area contributed by atoms with Gasteiger partial charge in [-0.3, -0.25) is 0 Å². The Morgan fingerprint density at radius 3 is 2.75 bits per heavy atom. The van der Waals surface area contributed by atoms with Gasteiger partial charge < -0.3 is 24.5 Å². The zero-order valence-corrected chi connectivity index (χ0v) is 15.2. The van der Waals surface area contributed by atoms with E-state index in [1.165, 1.54) is 0 Å². The lowest BCUT2D eigenvalue weighted by Gasteiger charge is -2.27. The summed E-state index contributed by atoms with van der Waals surface area (Å²) in [4.78, 5) is 14.0. The molecule has 0 spiro atoms. The van der Waals surface area contributed by atoms with E-state index in [0.29, 0.717) is 25.4 Å². The number of amides is 1. The monoisotopic (exact) mass is 338 g/mol. The summed E-state index contributed by atoms with van der Waals surface area (Å²) in [7, 11) is 0. The van der Waals surface area contributed by atoms with E-state index in [1.54, 1.807) is 30.2 Å². The van der Waals surface area contributed by atoms with Gasteiger partial charge in [-0.1, -0.05) is 0 Å². The second kappa shape index (κ2) is 7.57. The largest absolute Gasteiger partial charge is 0.466 e. The van der Waals surface area contributed by atoms with E-state index in [1.807, 2.05) is 20.8 Å². The number of carbonyl (C=O) groups excluding carboxylic acids is 1. The highest BCUT2D eigenvalue weighted by Crippen LogP contribution is 2.21. The Morgan fingerprint density at radius 1 is 1.38 bits per heavy atom. The molecule has 1 saturated heterocycles. The average Bonchev–Trinajstić information content (AvgIpc) is 2.90. The Balaban J connectivity index is 1.82. The van der Waals surface area contributed by atoms with Gasteiger partial charge in [-0.25, -0.2) is 4.79 Å². The van der Waals surface area contributed by atoms with E-state index in [2.05, 4.69) is 5.32 Å². The minimum Gasteiger partial charge on any atom is -0.466 e. The zero-order chi connectivity index (χ0) is 17.8. The number of likely N-dealkylation sites (tertiary alicyclic amines) is 1. The van der Waals surface area contributed by atoms with Crippen molar-refractivity contribution in [2.75, 3.05) is 19.6 Å². The lowest BCUT2D eigenvalue weighted by atomic mass is 10.0. The molecule has 24 heavy (non-hydrogen) atoms. The lowest BCUT2D eigenvalue weighted by molar-refractivity contribution is 0.0245. The Hall–Kier alpha value is -1.53. The number of nitrogens with one attached hydrogen (secondary N) is 1. The molecule has 1 fully saturated rings. The van der Waals surface area contributed by atoms with E-state index >= 15 is 0 Å². The molecule has 1 aromatic heterocycles. The number of carbonyl (C=O) groups is 1. The van der Waals surface area contributed by atoms with Crippen molar-refractivity contribution in [2.45, 2.75) is 64.2 Å². The highest BCUT2D eigenvalue weighted by molar-refractivity contribution is 5.68. The number of furan rings is 1. The molecule has 1 aliphatic heterocycles. The predicted molar refractivity (Wildman–Crippen MR) is 91.7 cm³/mol. The summed E-state index contributed by atoms with van der Waals surface area (Å²) in [5, 5.41) is 13.9. The van der Waals surface area contributed by atoms with Gasteiger partial charge in [0.25, 0.3) is 0 Å². The van der Waals surface area contributed by atoms with Crippen LogP contribution in [0.4, 0.5) is 4.79 Å². The van der Waals surface area contributed by atoms with Crippen LogP contribution in [0, 0.1) is 0 Å². The number of aliphatic hydroxyl groups is 1. The lowest BCUT2D eigenvalue weighted by Crippen LogP contribution is -2.41. The first-order valence-electron chi connectivity index (χ1n) is 8.65. The predicted octanol–water partition coefficient (Wildman–Crippen LogP) is 2.87. The van der Waals surface area contributed by atoms with Crippen LogP contribution in [0.25, 0.3) is 0 Å². The number of hydrogen-bond acceptors (Lipinski definition) is 5. The van der Waals surface area contributed by atoms with Gasteiger partial charge in [0, 0.05) is 25.7 Å². The average molecular weight is 338 g/mol. The van der Waals surface area contributed by atoms with E-state index < -0.39 is 11.2 Å². The van der Waals surface area contributed by atoms with Gasteiger partial charge in [-0.05, 0) is 59.1 Å². The van der Waals surface area contributed by atoms with Crippen molar-refractivity contribution in [3.05, 3.63) is 24.2 Å². The fourth-order valence-electron chi connectivity index (χ4n) is 2.82. The van der Waals surface area contributed by atoms with Crippen LogP contribution in [-0.2, 0) is 10.3 Å². The first kappa shape index (κ1) is 18.8. The Kier molecular flexibility index (Phi) is 5.93. The summed E-state index contributed by atoms with van der Waals surface area (Å²) in [6, 6.07) is 3.81. The molecule has 0 aliphatic carbocycles. The first-order valence-corrected chi connectivity index (χ1v) is 8.65. The van der Waals surface area contributed by atoms with Gasteiger partial charge in [0.05, 0.1) is 6.26 Å². The Morgan fingerprint density at radius 2 is 2.12 bits per heavy atom. The van der Waals surface area contributed by atoms with Crippen molar-refractivity contribution >= 4 is 6.09 Å². The topological polar surface area (TPSA) is 74.9 Å². The smallest absolute Gasteiger partial charge is 0.410 e. The minimum absolute atomic E-state index is 0.245. The number of rotatable bonds is 4. The molecular formula is C18H30N2O4. The molecule has 2 N–H and O–H groups in total. The second-order valence-electron chi connectivity index (χ2n) is 7.73. The highest BCUT2D eigenvalue weighted by atomic mass is 16.6. The third-order valence-electron chi connectivity index (χ3n) is 4.17. The molecule has 6 nitrogen and oxygen atoms in total. The minimum atomic E-state index is -1.04. The molecule has 2 heterocycles. The normalized spacial score (nSPS) is 21.9. The Labute approximate surface area is 144 Å². The van der Waals surface area contributed by atoms with Crippen molar-refractivity contribution in [3.63, 3.8) is 0 Å². The molecule has 1 aliphatic rings. The number of hydrogen-bond donors (Lipinski definition) is 2. The van der Waals surface area contributed by atoms with E-state index in [0.717, 1.165) is 19.3 Å². The number of ether oxygens (including phenoxy) is 1. The van der Waals surface area contributed by atoms with Crippen LogP contribution in [0.3, 0.4) is 0 Å². The van der Waals surface area contributed by atoms with Gasteiger partial charge in [0.2, 0.25) is 0 Å². The van der Waals surface area contributed by atoms with Crippen LogP contribution < -0.4 is 5.32 Å². The summed E-state index contributed by atoms with van der Waals surface area (Å²) in [6.07, 6.45) is 4.04. The van der Waals surface area contributed by atoms with Gasteiger partial charge in [-0.15, -0.1) is 0 Å². The fourth-order valence-corrected chi connectivity index (χ4v) is 2.82. The summed E-state index contributed by atoms with van der Waals surface area (Å²) in [5.41, 5.74) is -1.51. The number of nitrogens with zero attached hydrogens (tertiary/aromatic N) is 1. The fraction of sp³-hybridized carbons (Fsp3) is 0.722. The molecule has 0 saturated carbocycles. The van der Waals surface area contributed by atoms with Gasteiger partial charge in [0.1, 0.15) is 17.0 Å². The maximum absolute atomic E-state index is 12.2. The SMILES string of the molecule is CC(C)(C)OC(=O)N1CCC[C@@H](NC[C@@](C)(O)c2ccco2)CC1. The molecule has 6 heteroatoms. The van der Waals surface area contributed by atoms with Crippen molar-refractivity contribution in [1.29, 1.82) is 0 Å². The standard InChI is InChI=1S/C18H30N2O4/c1-17(2,3)24-16(21)20-10-5-7-14(9-11-20)19-13-18(4,22)15-8-6-12-23-15/h6,8,12,14,19,22H,5,7,9-11,13H2,1-4H3/t14-,18-/m1/s1. The summed E-state index contributed by atoms with van der Waals surface area (Å²) < 4.78 is 10.7. The molecule has 0 radical (unpaired) electrons. The molecular weight excluding hydrogens is 308 g/mol. The van der Waals surface area contributed by atoms with Crippen LogP contribution in [0.5, 0.6) is 0 Å². The van der Waals surface area contributed by atoms with E-state index in [4.69, 9.17) is 9.15 Å². The van der Waals surface area contributed by atoms with Crippen LogP contribution in [-0.4, -0.2) is 47.4 Å². The zero-order valence-electron chi connectivity index (χ0n) is 15.2. The molecule has 1 aromatic rings. The van der Waals surface area contributed by atoms with Crippen LogP contribution in [0.1, 0.15) is 52.7 Å². The van der Waals surface area contributed by atoms with Crippen LogP contribution in [0.2, 0.25) is 0 Å². The van der Waals surface area contributed by atoms with Gasteiger partial charge in [0.15, 0.2) is 0 Å². The van der Waals surface area contributed by atoms with Gasteiger partial charge in [-0.2, -0.15) is 0 Å². The maximum Gasteiger partial charge on any atom is 0.410 e. The molecule has 0 unspecified atom stereocenters. The summed E-state index contributed by atoms with van der Waals surface area (Å²) in [6.45, 7) is 9.16. The summed E-state index contributed by atoms with van der Waals surface area (Å²) >= 11 is 0. The molecule has 0 aromatic carbocycles. The van der Waals surface area contributed by atoms with E-state index in [-0.39, 0.29) is 12.1 Å². The van der Waals surface area contributed by atoms with Crippen LogP contribution >= 0.6 is 0 Å². The molecule has 1 amide bonds. The van der Waals surface area contributed by atoms with Crippen LogP contribution in [0.15, 0.2) is 22.8 Å². The third kappa shape index (κ3) is 5.53. The van der Waals surface area contributed by atoms with Crippen molar-refractivity contribution in [3.8, 4) is 0 Å². The maximum atomic E-state index is 12.2. The molecule has 2 atom stereocenters. The van der Waals surface area contributed by atoms with Gasteiger partial charge >= 0.3 is 6.09 Å². The first-order chi connectivity index (χ1) is 11.2. The second-order valence-corrected chi connectivity index (χ2v) is 7.73. The Bertz CT molecular complexity index is 520.